The topological polar surface area (TPSA) is 44.8 Å². The summed E-state index contributed by atoms with van der Waals surface area (Å²) in [5.41, 5.74) is 3.75. The molecular formula is C28H39N3O2. The zero-order valence-corrected chi connectivity index (χ0v) is 20.5. The molecule has 4 rings (SSSR count). The number of urea groups is 1. The Bertz CT molecular complexity index is 907. The molecule has 0 radical (unpaired) electrons. The Morgan fingerprint density at radius 3 is 2.27 bits per heavy atom. The first-order chi connectivity index (χ1) is 15.9. The maximum absolute atomic E-state index is 12.7. The highest BCUT2D eigenvalue weighted by atomic mass is 16.5. The molecule has 0 saturated carbocycles. The summed E-state index contributed by atoms with van der Waals surface area (Å²) in [4.78, 5) is 17.3. The maximum atomic E-state index is 12.7. The van der Waals surface area contributed by atoms with E-state index in [1.807, 2.05) is 29.2 Å². The van der Waals surface area contributed by atoms with Crippen molar-refractivity contribution in [3.8, 4) is 5.75 Å². The minimum atomic E-state index is 0.0316. The number of carbonyl (C=O) groups is 1. The van der Waals surface area contributed by atoms with Crippen LogP contribution in [-0.2, 0) is 6.54 Å². The molecule has 2 saturated heterocycles. The van der Waals surface area contributed by atoms with Crippen LogP contribution in [0.2, 0.25) is 0 Å². The lowest BCUT2D eigenvalue weighted by molar-refractivity contribution is 0.0439. The fourth-order valence-electron chi connectivity index (χ4n) is 4.98. The molecular weight excluding hydrogens is 410 g/mol. The molecule has 2 aliphatic rings. The van der Waals surface area contributed by atoms with Gasteiger partial charge in [0.25, 0.3) is 0 Å². The predicted octanol–water partition coefficient (Wildman–Crippen LogP) is 5.94. The summed E-state index contributed by atoms with van der Waals surface area (Å²) in [5, 5.41) is 3.05. The summed E-state index contributed by atoms with van der Waals surface area (Å²) in [6.45, 7) is 12.1. The molecule has 2 amide bonds. The van der Waals surface area contributed by atoms with Gasteiger partial charge in [-0.05, 0) is 75.2 Å². The molecule has 1 spiro atoms. The number of para-hydroxylation sites is 1. The van der Waals surface area contributed by atoms with Gasteiger partial charge in [0.05, 0.1) is 6.61 Å². The van der Waals surface area contributed by atoms with Crippen molar-refractivity contribution in [1.29, 1.82) is 0 Å². The van der Waals surface area contributed by atoms with Gasteiger partial charge in [-0.2, -0.15) is 0 Å². The van der Waals surface area contributed by atoms with Gasteiger partial charge in [0.2, 0.25) is 0 Å². The van der Waals surface area contributed by atoms with Crippen molar-refractivity contribution >= 4 is 11.7 Å². The van der Waals surface area contributed by atoms with Crippen LogP contribution >= 0.6 is 0 Å². The first-order valence-corrected chi connectivity index (χ1v) is 12.5. The molecule has 0 unspecified atom stereocenters. The van der Waals surface area contributed by atoms with E-state index in [0.717, 1.165) is 63.6 Å². The average Bonchev–Trinajstić information content (AvgIpc) is 2.82. The van der Waals surface area contributed by atoms with E-state index in [-0.39, 0.29) is 6.03 Å². The predicted molar refractivity (Wildman–Crippen MR) is 135 cm³/mol. The lowest BCUT2D eigenvalue weighted by Crippen LogP contribution is -2.49. The van der Waals surface area contributed by atoms with E-state index in [2.05, 4.69) is 55.3 Å². The van der Waals surface area contributed by atoms with Crippen molar-refractivity contribution < 1.29 is 9.53 Å². The minimum Gasteiger partial charge on any atom is -0.493 e. The summed E-state index contributed by atoms with van der Waals surface area (Å²) in [6.07, 6.45) is 4.65. The van der Waals surface area contributed by atoms with Gasteiger partial charge in [0.1, 0.15) is 5.75 Å². The highest BCUT2D eigenvalue weighted by Gasteiger charge is 2.38. The van der Waals surface area contributed by atoms with Gasteiger partial charge in [0.15, 0.2) is 0 Å². The van der Waals surface area contributed by atoms with Gasteiger partial charge in [-0.3, -0.25) is 4.90 Å². The van der Waals surface area contributed by atoms with Crippen molar-refractivity contribution in [3.05, 3.63) is 59.7 Å². The van der Waals surface area contributed by atoms with E-state index < -0.39 is 0 Å². The Kier molecular flexibility index (Phi) is 7.59. The second-order valence-electron chi connectivity index (χ2n) is 10.4. The van der Waals surface area contributed by atoms with E-state index in [9.17, 15) is 4.79 Å². The normalized spacial score (nSPS) is 18.5. The maximum Gasteiger partial charge on any atom is 0.321 e. The van der Waals surface area contributed by atoms with Gasteiger partial charge in [-0.1, -0.05) is 49.7 Å². The summed E-state index contributed by atoms with van der Waals surface area (Å²) in [7, 11) is 0. The molecule has 5 nitrogen and oxygen atoms in total. The number of aryl methyl sites for hydroxylation is 1. The van der Waals surface area contributed by atoms with Crippen LogP contribution in [0.5, 0.6) is 5.75 Å². The molecule has 33 heavy (non-hydrogen) atoms. The van der Waals surface area contributed by atoms with Crippen LogP contribution in [0, 0.1) is 18.3 Å². The number of hydrogen-bond donors (Lipinski definition) is 1. The number of nitrogens with zero attached hydrogens (tertiary/aromatic N) is 2. The van der Waals surface area contributed by atoms with Crippen LogP contribution in [0.3, 0.4) is 0 Å². The van der Waals surface area contributed by atoms with Crippen molar-refractivity contribution in [2.45, 2.75) is 53.0 Å². The van der Waals surface area contributed by atoms with E-state index in [1.54, 1.807) is 0 Å². The molecule has 2 fully saturated rings. The number of benzene rings is 2. The van der Waals surface area contributed by atoms with Gasteiger partial charge >= 0.3 is 6.03 Å². The molecule has 5 heteroatoms. The number of nitrogens with one attached hydrogen (secondary N) is 1. The number of rotatable bonds is 6. The lowest BCUT2D eigenvalue weighted by Gasteiger charge is -2.47. The van der Waals surface area contributed by atoms with Crippen molar-refractivity contribution in [1.82, 2.24) is 9.80 Å². The average molecular weight is 450 g/mol. The van der Waals surface area contributed by atoms with Crippen molar-refractivity contribution in [2.24, 2.45) is 11.3 Å². The molecule has 0 aliphatic carbocycles. The molecule has 2 aromatic rings. The number of ether oxygens (including phenoxy) is 1. The van der Waals surface area contributed by atoms with E-state index >= 15 is 0 Å². The van der Waals surface area contributed by atoms with Crippen LogP contribution < -0.4 is 10.1 Å². The summed E-state index contributed by atoms with van der Waals surface area (Å²) >= 11 is 0. The van der Waals surface area contributed by atoms with E-state index in [0.29, 0.717) is 11.3 Å². The van der Waals surface area contributed by atoms with Gasteiger partial charge in [-0.25, -0.2) is 4.79 Å². The number of likely N-dealkylation sites (tertiary alicyclic amines) is 2. The summed E-state index contributed by atoms with van der Waals surface area (Å²) in [6, 6.07) is 16.5. The Hall–Kier alpha value is -2.53. The molecule has 2 aliphatic heterocycles. The Morgan fingerprint density at radius 2 is 1.61 bits per heavy atom. The fraction of sp³-hybridized carbons (Fsp3) is 0.536. The first kappa shape index (κ1) is 23.6. The third kappa shape index (κ3) is 6.29. The Labute approximate surface area is 199 Å². The van der Waals surface area contributed by atoms with Crippen LogP contribution in [0.4, 0.5) is 10.5 Å². The van der Waals surface area contributed by atoms with Crippen LogP contribution in [0.15, 0.2) is 48.5 Å². The molecule has 0 bridgehead atoms. The largest absolute Gasteiger partial charge is 0.493 e. The Morgan fingerprint density at radius 1 is 0.970 bits per heavy atom. The second-order valence-corrected chi connectivity index (χ2v) is 10.4. The fourth-order valence-corrected chi connectivity index (χ4v) is 4.98. The molecule has 0 aromatic heterocycles. The highest BCUT2D eigenvalue weighted by molar-refractivity contribution is 5.89. The summed E-state index contributed by atoms with van der Waals surface area (Å²) in [5.74, 6) is 1.55. The molecule has 0 atom stereocenters. The lowest BCUT2D eigenvalue weighted by atomic mass is 9.71. The quantitative estimate of drug-likeness (QED) is 0.594. The van der Waals surface area contributed by atoms with Crippen LogP contribution in [0.25, 0.3) is 0 Å². The van der Waals surface area contributed by atoms with Gasteiger partial charge in [0, 0.05) is 30.9 Å². The highest BCUT2D eigenvalue weighted by Crippen LogP contribution is 2.41. The number of amides is 2. The molecule has 2 heterocycles. The minimum absolute atomic E-state index is 0.0316. The zero-order chi connectivity index (χ0) is 23.3. The van der Waals surface area contributed by atoms with Gasteiger partial charge < -0.3 is 15.0 Å². The zero-order valence-electron chi connectivity index (χ0n) is 20.5. The molecule has 1 N–H and O–H groups in total. The molecule has 2 aromatic carbocycles. The standard InChI is InChI=1S/C28H39N3O2/c1-22(2)21-33-26-7-5-4-6-24(26)20-30-16-12-28(13-17-30)14-18-31(19-15-28)27(32)29-25-10-8-23(3)9-11-25/h4-11,22H,12-21H2,1-3H3,(H,29,32). The first-order valence-electron chi connectivity index (χ1n) is 12.5. The van der Waals surface area contributed by atoms with Crippen molar-refractivity contribution in [3.63, 3.8) is 0 Å². The van der Waals surface area contributed by atoms with E-state index in [4.69, 9.17) is 4.74 Å². The molecule has 178 valence electrons. The SMILES string of the molecule is Cc1ccc(NC(=O)N2CCC3(CCN(Cc4ccccc4OCC(C)C)CC3)CC2)cc1. The van der Waals surface area contributed by atoms with E-state index in [1.165, 1.54) is 24.0 Å². The summed E-state index contributed by atoms with van der Waals surface area (Å²) < 4.78 is 6.06. The number of carbonyl (C=O) groups excluding carboxylic acids is 1. The smallest absolute Gasteiger partial charge is 0.321 e. The Balaban J connectivity index is 1.25. The van der Waals surface area contributed by atoms with Crippen molar-refractivity contribution in [2.75, 3.05) is 38.1 Å². The number of hydrogen-bond acceptors (Lipinski definition) is 3. The van der Waals surface area contributed by atoms with Crippen LogP contribution in [0.1, 0.15) is 50.7 Å². The van der Waals surface area contributed by atoms with Crippen LogP contribution in [-0.4, -0.2) is 48.6 Å². The number of piperidine rings is 2. The third-order valence-corrected chi connectivity index (χ3v) is 7.27. The third-order valence-electron chi connectivity index (χ3n) is 7.27. The second kappa shape index (κ2) is 10.6. The van der Waals surface area contributed by atoms with Gasteiger partial charge in [-0.15, -0.1) is 0 Å². The monoisotopic (exact) mass is 449 g/mol. The number of anilines is 1.